The fourth-order valence-corrected chi connectivity index (χ4v) is 6.13. The van der Waals surface area contributed by atoms with Gasteiger partial charge in [0, 0.05) is 41.5 Å². The third kappa shape index (κ3) is 18.0. The van der Waals surface area contributed by atoms with E-state index >= 15 is 0 Å². The first kappa shape index (κ1) is 46.0. The van der Waals surface area contributed by atoms with Crippen molar-refractivity contribution in [2.45, 2.75) is 89.6 Å². The molecule has 0 unspecified atom stereocenters. The van der Waals surface area contributed by atoms with Gasteiger partial charge in [0.2, 0.25) is 13.9 Å². The second-order valence-corrected chi connectivity index (χ2v) is 14.9. The van der Waals surface area contributed by atoms with Gasteiger partial charge in [-0.3, -0.25) is 0 Å². The van der Waals surface area contributed by atoms with Crippen LogP contribution in [0.2, 0.25) is 0 Å². The second kappa shape index (κ2) is 16.8. The van der Waals surface area contributed by atoms with Crippen LogP contribution >= 0.6 is 7.51 Å². The molecule has 0 spiro atoms. The van der Waals surface area contributed by atoms with Gasteiger partial charge >= 0.3 is 6.10 Å². The summed E-state index contributed by atoms with van der Waals surface area (Å²) >= 11 is 0. The van der Waals surface area contributed by atoms with Crippen LogP contribution in [0.25, 0.3) is 0 Å². The third-order valence-electron chi connectivity index (χ3n) is 4.81. The van der Waals surface area contributed by atoms with Gasteiger partial charge in [-0.05, 0) is 28.2 Å². The number of ether oxygens (including phenoxy) is 5. The van der Waals surface area contributed by atoms with E-state index in [1.165, 1.54) is 0 Å². The Morgan fingerprint density at radius 1 is 0.489 bits per heavy atom. The summed E-state index contributed by atoms with van der Waals surface area (Å²) in [5.74, 6) is -23.1. The normalized spacial score (nSPS) is 15.1. The molecule has 284 valence electrons. The fraction of sp³-hybridized carbons (Fsp3) is 1.00. The van der Waals surface area contributed by atoms with Crippen LogP contribution in [0.5, 0.6) is 0 Å². The monoisotopic (exact) mass is 742 g/mol. The molecule has 0 amide bonds. The zero-order valence-electron chi connectivity index (χ0n) is 27.5. The van der Waals surface area contributed by atoms with Gasteiger partial charge in [-0.15, -0.1) is 9.58 Å². The molecular weight excluding hydrogens is 699 g/mol. The van der Waals surface area contributed by atoms with E-state index in [-0.39, 0.29) is 39.3 Å². The van der Waals surface area contributed by atoms with E-state index in [0.717, 1.165) is 37.5 Å². The van der Waals surface area contributed by atoms with Crippen molar-refractivity contribution in [3.8, 4) is 0 Å². The van der Waals surface area contributed by atoms with Crippen LogP contribution < -0.4 is 0 Å². The molecule has 23 heteroatoms. The molecule has 0 bridgehead atoms. The maximum absolute atomic E-state index is 14.3. The number of alkyl halides is 12. The van der Waals surface area contributed by atoms with Crippen molar-refractivity contribution in [2.24, 2.45) is 4.91 Å². The average molecular weight is 743 g/mol. The number of hydrogen-bond donors (Lipinski definition) is 0. The second-order valence-electron chi connectivity index (χ2n) is 11.7. The van der Waals surface area contributed by atoms with Gasteiger partial charge in [-0.25, -0.2) is 66.9 Å². The van der Waals surface area contributed by atoms with Crippen LogP contribution in [-0.2, 0) is 28.5 Å². The Kier molecular flexibility index (Phi) is 16.5. The van der Waals surface area contributed by atoms with Crippen LogP contribution in [0.3, 0.4) is 0 Å². The van der Waals surface area contributed by atoms with Gasteiger partial charge in [-0.2, -0.15) is 0 Å². The zero-order valence-corrected chi connectivity index (χ0v) is 28.4. The lowest BCUT2D eigenvalue weighted by molar-refractivity contribution is -0.478. The number of rotatable bonds is 23. The van der Waals surface area contributed by atoms with Crippen LogP contribution in [-0.4, -0.2) is 130 Å². The minimum Gasteiger partial charge on any atom is -0.333 e. The topological polar surface area (TPSA) is 77.5 Å². The quantitative estimate of drug-likeness (QED) is 0.0468. The molecule has 0 atom stereocenters. The van der Waals surface area contributed by atoms with Crippen LogP contribution in [0.15, 0.2) is 4.91 Å². The number of nitrogens with zero attached hydrogens (tertiary/aromatic N) is 4. The van der Waals surface area contributed by atoms with Gasteiger partial charge in [0.05, 0.1) is 0 Å². The van der Waals surface area contributed by atoms with Crippen LogP contribution in [0, 0.1) is 0 Å². The molecular formula is C24H43F12N4O6P. The maximum atomic E-state index is 14.3. The highest BCUT2D eigenvalue weighted by atomic mass is 31.2. The molecule has 0 aliphatic heterocycles. The summed E-state index contributed by atoms with van der Waals surface area (Å²) in [5.41, 5.74) is 0. The molecule has 0 saturated carbocycles. The molecule has 0 aromatic heterocycles. The highest BCUT2D eigenvalue weighted by Crippen LogP contribution is 2.62. The van der Waals surface area contributed by atoms with Crippen LogP contribution in [0.1, 0.15) is 41.5 Å². The lowest BCUT2D eigenvalue weighted by Gasteiger charge is -2.52. The molecule has 0 aromatic rings. The van der Waals surface area contributed by atoms with Crippen molar-refractivity contribution in [2.75, 3.05) is 67.8 Å². The van der Waals surface area contributed by atoms with Gasteiger partial charge < -0.3 is 23.7 Å². The lowest BCUT2D eigenvalue weighted by Crippen LogP contribution is -2.63. The molecule has 0 rings (SSSR count). The molecule has 0 aliphatic carbocycles. The minimum absolute atomic E-state index is 0.0501. The Morgan fingerprint density at radius 2 is 0.766 bits per heavy atom. The van der Waals surface area contributed by atoms with Crippen molar-refractivity contribution < 1.29 is 81.2 Å². The highest BCUT2D eigenvalue weighted by Gasteiger charge is 2.59. The predicted octanol–water partition coefficient (Wildman–Crippen LogP) is 7.20. The maximum Gasteiger partial charge on any atom is 0.364 e. The van der Waals surface area contributed by atoms with Crippen molar-refractivity contribution >= 4 is 7.51 Å². The summed E-state index contributed by atoms with van der Waals surface area (Å²) in [7, 11) is -0.428. The third-order valence-corrected chi connectivity index (χ3v) is 8.30. The Hall–Kier alpha value is -0.970. The molecule has 10 nitrogen and oxygen atoms in total. The summed E-state index contributed by atoms with van der Waals surface area (Å²) in [6.45, 7) is -9.14. The standard InChI is InChI=1S/C24H43F12N4O6P/c1-18(25,26)11-41-17(42-12-19(2,27)28)40(47(38(7)8,39(9)10)37-46-16-23(6,35)36)24(43-13-20(3,29)30,44-14-21(4,31)32)45-15-22(5,33)34/h17H,11-16H2,1-10H3. The summed E-state index contributed by atoms with van der Waals surface area (Å²) in [4.78, 5) is 8.54. The van der Waals surface area contributed by atoms with Crippen molar-refractivity contribution in [3.63, 3.8) is 0 Å². The van der Waals surface area contributed by atoms with Crippen molar-refractivity contribution in [1.29, 1.82) is 0 Å². The van der Waals surface area contributed by atoms with Gasteiger partial charge in [0.25, 0.3) is 35.5 Å². The Bertz CT molecular complexity index is 918. The van der Waals surface area contributed by atoms with Crippen LogP contribution in [0.4, 0.5) is 52.7 Å². The molecule has 0 aromatic carbocycles. The van der Waals surface area contributed by atoms with Gasteiger partial charge in [0.15, 0.2) is 0 Å². The average Bonchev–Trinajstić information content (AvgIpc) is 2.80. The molecule has 0 aliphatic rings. The predicted molar refractivity (Wildman–Crippen MR) is 145 cm³/mol. The Labute approximate surface area is 265 Å². The largest absolute Gasteiger partial charge is 0.364 e. The van der Waals surface area contributed by atoms with E-state index in [4.69, 9.17) is 28.5 Å². The summed E-state index contributed by atoms with van der Waals surface area (Å²) < 4.78 is 197. The molecule has 47 heavy (non-hydrogen) atoms. The molecule has 0 fully saturated rings. The van der Waals surface area contributed by atoms with E-state index in [1.54, 1.807) is 0 Å². The summed E-state index contributed by atoms with van der Waals surface area (Å²) in [6.07, 6.45) is -6.78. The number of halogens is 12. The van der Waals surface area contributed by atoms with E-state index < -0.39 is 95.2 Å². The van der Waals surface area contributed by atoms with Gasteiger partial charge in [-0.1, -0.05) is 0 Å². The summed E-state index contributed by atoms with van der Waals surface area (Å²) in [6, 6.07) is 0. The fourth-order valence-electron chi connectivity index (χ4n) is 3.17. The Morgan fingerprint density at radius 3 is 1.00 bits per heavy atom. The zero-order chi connectivity index (χ0) is 37.5. The minimum atomic E-state index is -4.70. The Balaban J connectivity index is 8.36. The highest BCUT2D eigenvalue weighted by molar-refractivity contribution is 7.59. The summed E-state index contributed by atoms with van der Waals surface area (Å²) in [5, 5.41) is 0. The molecule has 0 saturated heterocycles. The number of hydrogen-bond acceptors (Lipinski definition) is 7. The lowest BCUT2D eigenvalue weighted by atomic mass is 10.4. The molecule has 0 N–H and O–H groups in total. The van der Waals surface area contributed by atoms with E-state index in [9.17, 15) is 52.7 Å². The van der Waals surface area contributed by atoms with Gasteiger partial charge in [0.1, 0.15) is 39.6 Å². The van der Waals surface area contributed by atoms with E-state index in [2.05, 4.69) is 4.91 Å². The van der Waals surface area contributed by atoms with E-state index in [0.29, 0.717) is 6.92 Å². The first-order valence-electron chi connectivity index (χ1n) is 13.5. The molecule has 0 heterocycles. The first-order valence-corrected chi connectivity index (χ1v) is 15.1. The first-order chi connectivity index (χ1) is 20.6. The van der Waals surface area contributed by atoms with Crippen molar-refractivity contribution in [3.05, 3.63) is 0 Å². The van der Waals surface area contributed by atoms with E-state index in [1.807, 2.05) is 0 Å². The van der Waals surface area contributed by atoms with Crippen molar-refractivity contribution in [1.82, 2.24) is 14.0 Å². The smallest absolute Gasteiger partial charge is 0.333 e. The SMILES string of the molecule is CN(C)P(=NOCC(C)(F)F)(N(C)C)N(C(OCC(C)(F)F)OCC(C)(F)F)C(OCC(C)(F)F)(OCC(C)(F)F)OCC(C)(F)F. The molecule has 0 radical (unpaired) electrons.